The van der Waals surface area contributed by atoms with Crippen molar-refractivity contribution in [2.75, 3.05) is 23.8 Å². The van der Waals surface area contributed by atoms with Crippen LogP contribution in [0, 0.1) is 0 Å². The lowest BCUT2D eigenvalue weighted by molar-refractivity contribution is 0.262. The van der Waals surface area contributed by atoms with Crippen LogP contribution in [-0.4, -0.2) is 38.5 Å². The molecule has 1 unspecified atom stereocenters. The molecule has 4 nitrogen and oxygen atoms in total. The molecule has 0 spiro atoms. The van der Waals surface area contributed by atoms with Crippen molar-refractivity contribution in [3.05, 3.63) is 24.3 Å². The van der Waals surface area contributed by atoms with Crippen molar-refractivity contribution in [3.8, 4) is 0 Å². The van der Waals surface area contributed by atoms with Gasteiger partial charge in [0, 0.05) is 19.2 Å². The van der Waals surface area contributed by atoms with Crippen LogP contribution in [0.25, 0.3) is 0 Å². The van der Waals surface area contributed by atoms with Crippen LogP contribution in [0.1, 0.15) is 32.6 Å². The van der Waals surface area contributed by atoms with Crippen LogP contribution in [-0.2, 0) is 9.84 Å². The van der Waals surface area contributed by atoms with Crippen molar-refractivity contribution in [3.63, 3.8) is 0 Å². The van der Waals surface area contributed by atoms with E-state index in [-0.39, 0.29) is 18.4 Å². The Morgan fingerprint density at radius 3 is 2.75 bits per heavy atom. The zero-order chi connectivity index (χ0) is 14.6. The van der Waals surface area contributed by atoms with Gasteiger partial charge < -0.3 is 10.0 Å². The second kappa shape index (κ2) is 6.59. The summed E-state index contributed by atoms with van der Waals surface area (Å²) < 4.78 is 24.5. The molecule has 1 aliphatic heterocycles. The molecule has 1 atom stereocenters. The van der Waals surface area contributed by atoms with Gasteiger partial charge in [-0.1, -0.05) is 19.1 Å². The molecule has 1 aromatic carbocycles. The number of aliphatic hydroxyl groups excluding tert-OH is 1. The highest BCUT2D eigenvalue weighted by atomic mass is 32.2. The SMILES string of the molecule is CCS(=O)(=O)c1ccccc1N1CCCCC1CCO. The van der Waals surface area contributed by atoms with Crippen molar-refractivity contribution in [1.82, 2.24) is 0 Å². The molecule has 1 heterocycles. The summed E-state index contributed by atoms with van der Waals surface area (Å²) in [5, 5.41) is 9.21. The fourth-order valence-corrected chi connectivity index (χ4v) is 3.98. The largest absolute Gasteiger partial charge is 0.396 e. The molecule has 1 fully saturated rings. The molecule has 0 amide bonds. The molecule has 112 valence electrons. The maximum atomic E-state index is 12.3. The zero-order valence-electron chi connectivity index (χ0n) is 12.0. The van der Waals surface area contributed by atoms with Gasteiger partial charge >= 0.3 is 0 Å². The maximum absolute atomic E-state index is 12.3. The van der Waals surface area contributed by atoms with Crippen molar-refractivity contribution < 1.29 is 13.5 Å². The molecular formula is C15H23NO3S. The van der Waals surface area contributed by atoms with Crippen LogP contribution in [0.5, 0.6) is 0 Å². The molecule has 5 heteroatoms. The predicted octanol–water partition coefficient (Wildman–Crippen LogP) is 2.22. The first-order chi connectivity index (χ1) is 9.60. The number of aliphatic hydroxyl groups is 1. The fourth-order valence-electron chi connectivity index (χ4n) is 2.88. The number of nitrogens with zero attached hydrogens (tertiary/aromatic N) is 1. The van der Waals surface area contributed by atoms with E-state index in [1.165, 1.54) is 0 Å². The lowest BCUT2D eigenvalue weighted by Gasteiger charge is -2.38. The summed E-state index contributed by atoms with van der Waals surface area (Å²) in [6, 6.07) is 7.48. The van der Waals surface area contributed by atoms with Crippen LogP contribution in [0.4, 0.5) is 5.69 Å². The topological polar surface area (TPSA) is 57.6 Å². The Hall–Kier alpha value is -1.07. The van der Waals surface area contributed by atoms with Gasteiger partial charge in [0.25, 0.3) is 0 Å². The molecule has 1 aliphatic rings. The smallest absolute Gasteiger partial charge is 0.180 e. The van der Waals surface area contributed by atoms with Gasteiger partial charge in [0.15, 0.2) is 9.84 Å². The monoisotopic (exact) mass is 297 g/mol. The van der Waals surface area contributed by atoms with Gasteiger partial charge in [-0.2, -0.15) is 0 Å². The highest BCUT2D eigenvalue weighted by Crippen LogP contribution is 2.32. The molecule has 0 radical (unpaired) electrons. The average Bonchev–Trinajstić information content (AvgIpc) is 2.48. The number of hydrogen-bond donors (Lipinski definition) is 1. The second-order valence-electron chi connectivity index (χ2n) is 5.23. The molecule has 1 N–H and O–H groups in total. The van der Waals surface area contributed by atoms with Crippen LogP contribution >= 0.6 is 0 Å². The van der Waals surface area contributed by atoms with Crippen molar-refractivity contribution in [1.29, 1.82) is 0 Å². The minimum atomic E-state index is -3.22. The molecular weight excluding hydrogens is 274 g/mol. The number of piperidine rings is 1. The molecule has 0 saturated carbocycles. The fraction of sp³-hybridized carbons (Fsp3) is 0.600. The third-order valence-electron chi connectivity index (χ3n) is 3.98. The van der Waals surface area contributed by atoms with Gasteiger partial charge in [0.05, 0.1) is 16.3 Å². The van der Waals surface area contributed by atoms with E-state index in [2.05, 4.69) is 4.90 Å². The number of anilines is 1. The number of hydrogen-bond acceptors (Lipinski definition) is 4. The predicted molar refractivity (Wildman–Crippen MR) is 80.9 cm³/mol. The first-order valence-corrected chi connectivity index (χ1v) is 8.94. The quantitative estimate of drug-likeness (QED) is 0.905. The van der Waals surface area contributed by atoms with E-state index in [1.807, 2.05) is 12.1 Å². The Labute approximate surface area is 121 Å². The standard InChI is InChI=1S/C15H23NO3S/c1-2-20(18,19)15-9-4-3-8-14(15)16-11-6-5-7-13(16)10-12-17/h3-4,8-9,13,17H,2,5-7,10-12H2,1H3. The van der Waals surface area contributed by atoms with Crippen LogP contribution in [0.2, 0.25) is 0 Å². The van der Waals surface area contributed by atoms with E-state index in [0.717, 1.165) is 31.5 Å². The maximum Gasteiger partial charge on any atom is 0.180 e. The molecule has 0 aromatic heterocycles. The van der Waals surface area contributed by atoms with Gasteiger partial charge in [0.1, 0.15) is 0 Å². The Morgan fingerprint density at radius 2 is 2.05 bits per heavy atom. The normalized spacial score (nSPS) is 20.1. The summed E-state index contributed by atoms with van der Waals surface area (Å²) in [6.45, 7) is 2.68. The van der Waals surface area contributed by atoms with E-state index in [1.54, 1.807) is 19.1 Å². The van der Waals surface area contributed by atoms with Crippen LogP contribution in [0.15, 0.2) is 29.2 Å². The lowest BCUT2D eigenvalue weighted by Crippen LogP contribution is -2.40. The summed E-state index contributed by atoms with van der Waals surface area (Å²) in [5.74, 6) is 0.114. The van der Waals surface area contributed by atoms with Gasteiger partial charge in [-0.25, -0.2) is 8.42 Å². The third-order valence-corrected chi connectivity index (χ3v) is 5.75. The van der Waals surface area contributed by atoms with Crippen molar-refractivity contribution in [2.45, 2.75) is 43.5 Å². The molecule has 1 saturated heterocycles. The minimum absolute atomic E-state index is 0.114. The van der Waals surface area contributed by atoms with E-state index in [4.69, 9.17) is 0 Å². The van der Waals surface area contributed by atoms with Gasteiger partial charge in [-0.3, -0.25) is 0 Å². The summed E-state index contributed by atoms with van der Waals surface area (Å²) in [5.41, 5.74) is 0.799. The van der Waals surface area contributed by atoms with Crippen LogP contribution in [0.3, 0.4) is 0 Å². The molecule has 20 heavy (non-hydrogen) atoms. The summed E-state index contributed by atoms with van der Waals surface area (Å²) in [4.78, 5) is 2.59. The van der Waals surface area contributed by atoms with E-state index in [0.29, 0.717) is 11.3 Å². The third kappa shape index (κ3) is 3.15. The van der Waals surface area contributed by atoms with Gasteiger partial charge in [-0.15, -0.1) is 0 Å². The molecule has 1 aromatic rings. The zero-order valence-corrected chi connectivity index (χ0v) is 12.8. The van der Waals surface area contributed by atoms with Crippen LogP contribution < -0.4 is 4.90 Å². The highest BCUT2D eigenvalue weighted by Gasteiger charge is 2.27. The number of rotatable bonds is 5. The first kappa shape index (κ1) is 15.3. The summed E-state index contributed by atoms with van der Waals surface area (Å²) >= 11 is 0. The van der Waals surface area contributed by atoms with Crippen molar-refractivity contribution >= 4 is 15.5 Å². The number of sulfone groups is 1. The first-order valence-electron chi connectivity index (χ1n) is 7.29. The molecule has 2 rings (SSSR count). The lowest BCUT2D eigenvalue weighted by atomic mass is 9.99. The van der Waals surface area contributed by atoms with E-state index < -0.39 is 9.84 Å². The van der Waals surface area contributed by atoms with E-state index >= 15 is 0 Å². The van der Waals surface area contributed by atoms with E-state index in [9.17, 15) is 13.5 Å². The average molecular weight is 297 g/mol. The van der Waals surface area contributed by atoms with Crippen molar-refractivity contribution in [2.24, 2.45) is 0 Å². The Morgan fingerprint density at radius 1 is 1.30 bits per heavy atom. The summed E-state index contributed by atoms with van der Waals surface area (Å²) in [6.07, 6.45) is 3.92. The minimum Gasteiger partial charge on any atom is -0.396 e. The molecule has 0 aliphatic carbocycles. The Kier molecular flexibility index (Phi) is 5.05. The number of para-hydroxylation sites is 1. The second-order valence-corrected chi connectivity index (χ2v) is 7.47. The Balaban J connectivity index is 2.40. The summed E-state index contributed by atoms with van der Waals surface area (Å²) in [7, 11) is -3.22. The number of benzene rings is 1. The van der Waals surface area contributed by atoms with Gasteiger partial charge in [0.2, 0.25) is 0 Å². The highest BCUT2D eigenvalue weighted by molar-refractivity contribution is 7.91. The molecule has 0 bridgehead atoms. The Bertz CT molecular complexity index is 540. The van der Waals surface area contributed by atoms with Gasteiger partial charge in [-0.05, 0) is 37.8 Å².